The largest absolute Gasteiger partial charge is 0.640 e. The van der Waals surface area contributed by atoms with Crippen molar-refractivity contribution in [1.29, 1.82) is 0 Å². The third kappa shape index (κ3) is 2.29. The molecule has 1 aromatic carbocycles. The standard InChI is InChI=1S/C10H11BO2S2/c1-14-7-10(15-2)11-12-8-5-3-4-6-9(8)13-11/h3-7H,1-2H3/b10-7-. The fourth-order valence-electron chi connectivity index (χ4n) is 1.33. The van der Waals surface area contributed by atoms with E-state index in [-0.39, 0.29) is 7.12 Å². The molecule has 0 radical (unpaired) electrons. The Hall–Kier alpha value is -0.675. The van der Waals surface area contributed by atoms with Crippen molar-refractivity contribution < 1.29 is 9.31 Å². The maximum absolute atomic E-state index is 5.69. The number of thioether (sulfide) groups is 2. The topological polar surface area (TPSA) is 18.5 Å². The van der Waals surface area contributed by atoms with Gasteiger partial charge in [0, 0.05) is 0 Å². The normalized spacial score (nSPS) is 14.5. The Morgan fingerprint density at radius 2 is 1.80 bits per heavy atom. The van der Waals surface area contributed by atoms with Gasteiger partial charge in [-0.05, 0) is 30.1 Å². The number of rotatable bonds is 3. The van der Waals surface area contributed by atoms with Gasteiger partial charge in [0.15, 0.2) is 0 Å². The number of hydrogen-bond donors (Lipinski definition) is 0. The highest BCUT2D eigenvalue weighted by atomic mass is 32.2. The van der Waals surface area contributed by atoms with Crippen LogP contribution < -0.4 is 9.31 Å². The lowest BCUT2D eigenvalue weighted by Crippen LogP contribution is -2.26. The van der Waals surface area contributed by atoms with E-state index in [0.717, 1.165) is 16.3 Å². The predicted molar refractivity (Wildman–Crippen MR) is 68.6 cm³/mol. The Labute approximate surface area is 98.6 Å². The first-order valence-electron chi connectivity index (χ1n) is 4.54. The van der Waals surface area contributed by atoms with E-state index in [2.05, 4.69) is 5.41 Å². The lowest BCUT2D eigenvalue weighted by atomic mass is 9.91. The zero-order valence-electron chi connectivity index (χ0n) is 8.60. The molecule has 1 aliphatic heterocycles. The Bertz CT molecular complexity index is 356. The van der Waals surface area contributed by atoms with Gasteiger partial charge in [-0.25, -0.2) is 0 Å². The van der Waals surface area contributed by atoms with Gasteiger partial charge in [0.1, 0.15) is 11.5 Å². The molecule has 15 heavy (non-hydrogen) atoms. The molecule has 0 unspecified atom stereocenters. The summed E-state index contributed by atoms with van der Waals surface area (Å²) in [6.45, 7) is 0. The Kier molecular flexibility index (Phi) is 3.54. The van der Waals surface area contributed by atoms with Gasteiger partial charge in [0.2, 0.25) is 0 Å². The molecular formula is C10H11BO2S2. The molecule has 5 heteroatoms. The summed E-state index contributed by atoms with van der Waals surface area (Å²) in [4.78, 5) is 1.10. The number of fused-ring (bicyclic) bond motifs is 1. The summed E-state index contributed by atoms with van der Waals surface area (Å²) in [6.07, 6.45) is 4.05. The van der Waals surface area contributed by atoms with Crippen LogP contribution in [-0.4, -0.2) is 19.6 Å². The molecule has 1 heterocycles. The van der Waals surface area contributed by atoms with Crippen molar-refractivity contribution >= 4 is 30.6 Å². The average molecular weight is 238 g/mol. The lowest BCUT2D eigenvalue weighted by Gasteiger charge is -2.05. The van der Waals surface area contributed by atoms with Crippen LogP contribution in [0.1, 0.15) is 0 Å². The summed E-state index contributed by atoms with van der Waals surface area (Å²) in [5, 5.41) is 2.06. The molecule has 0 bridgehead atoms. The summed E-state index contributed by atoms with van der Waals surface area (Å²) in [7, 11) is -0.273. The monoisotopic (exact) mass is 238 g/mol. The summed E-state index contributed by atoms with van der Waals surface area (Å²) in [5.74, 6) is 1.65. The third-order valence-electron chi connectivity index (χ3n) is 2.02. The zero-order valence-corrected chi connectivity index (χ0v) is 10.2. The van der Waals surface area contributed by atoms with Crippen LogP contribution in [0.3, 0.4) is 0 Å². The maximum Gasteiger partial charge on any atom is 0.640 e. The van der Waals surface area contributed by atoms with E-state index < -0.39 is 0 Å². The van der Waals surface area contributed by atoms with Gasteiger partial charge in [-0.2, -0.15) is 0 Å². The van der Waals surface area contributed by atoms with Crippen LogP contribution in [0.25, 0.3) is 0 Å². The van der Waals surface area contributed by atoms with E-state index in [1.165, 1.54) is 0 Å². The molecule has 0 amide bonds. The van der Waals surface area contributed by atoms with Gasteiger partial charge in [-0.15, -0.1) is 23.5 Å². The first-order chi connectivity index (χ1) is 7.35. The highest BCUT2D eigenvalue weighted by Gasteiger charge is 2.35. The molecule has 0 atom stereocenters. The molecule has 1 aromatic rings. The predicted octanol–water partition coefficient (Wildman–Crippen LogP) is 3.05. The van der Waals surface area contributed by atoms with Crippen LogP contribution in [0, 0.1) is 0 Å². The SMILES string of the molecule is CS/C=C(\SC)B1Oc2ccccc2O1. The van der Waals surface area contributed by atoms with Crippen LogP contribution >= 0.6 is 23.5 Å². The van der Waals surface area contributed by atoms with Crippen molar-refractivity contribution in [2.45, 2.75) is 0 Å². The van der Waals surface area contributed by atoms with E-state index in [1.54, 1.807) is 23.5 Å². The molecule has 78 valence electrons. The molecule has 2 rings (SSSR count). The summed E-state index contributed by atoms with van der Waals surface area (Å²) in [6, 6.07) is 7.74. The number of para-hydroxylation sites is 2. The summed E-state index contributed by atoms with van der Waals surface area (Å²) < 4.78 is 11.4. The van der Waals surface area contributed by atoms with E-state index >= 15 is 0 Å². The molecule has 0 saturated heterocycles. The fraction of sp³-hybridized carbons (Fsp3) is 0.200. The van der Waals surface area contributed by atoms with Crippen molar-refractivity contribution in [3.05, 3.63) is 34.5 Å². The van der Waals surface area contributed by atoms with Gasteiger partial charge in [-0.1, -0.05) is 12.1 Å². The van der Waals surface area contributed by atoms with Gasteiger partial charge < -0.3 is 9.31 Å². The van der Waals surface area contributed by atoms with E-state index in [0.29, 0.717) is 0 Å². The van der Waals surface area contributed by atoms with Gasteiger partial charge in [0.05, 0.1) is 4.80 Å². The summed E-state index contributed by atoms with van der Waals surface area (Å²) >= 11 is 3.31. The molecule has 0 aromatic heterocycles. The first-order valence-corrected chi connectivity index (χ1v) is 7.05. The highest BCUT2D eigenvalue weighted by Crippen LogP contribution is 2.36. The maximum atomic E-state index is 5.69. The van der Waals surface area contributed by atoms with Crippen molar-refractivity contribution in [1.82, 2.24) is 0 Å². The molecule has 0 saturated carbocycles. The lowest BCUT2D eigenvalue weighted by molar-refractivity contribution is 0.516. The third-order valence-corrected chi connectivity index (χ3v) is 3.44. The van der Waals surface area contributed by atoms with Crippen molar-refractivity contribution in [2.24, 2.45) is 0 Å². The minimum Gasteiger partial charge on any atom is -0.519 e. The van der Waals surface area contributed by atoms with Crippen LogP contribution in [0.4, 0.5) is 0 Å². The molecule has 0 N–H and O–H groups in total. The van der Waals surface area contributed by atoms with Crippen LogP contribution in [0.15, 0.2) is 34.5 Å². The van der Waals surface area contributed by atoms with Crippen LogP contribution in [-0.2, 0) is 0 Å². The summed E-state index contributed by atoms with van der Waals surface area (Å²) in [5.41, 5.74) is 0. The van der Waals surface area contributed by atoms with Crippen molar-refractivity contribution in [3.8, 4) is 11.5 Å². The Morgan fingerprint density at radius 1 is 1.20 bits per heavy atom. The molecule has 0 spiro atoms. The molecule has 0 aliphatic carbocycles. The van der Waals surface area contributed by atoms with Gasteiger partial charge >= 0.3 is 7.12 Å². The molecule has 2 nitrogen and oxygen atoms in total. The van der Waals surface area contributed by atoms with Crippen molar-refractivity contribution in [2.75, 3.05) is 12.5 Å². The Balaban J connectivity index is 2.15. The zero-order chi connectivity index (χ0) is 10.7. The van der Waals surface area contributed by atoms with Crippen molar-refractivity contribution in [3.63, 3.8) is 0 Å². The molecular weight excluding hydrogens is 227 g/mol. The molecule has 1 aliphatic rings. The van der Waals surface area contributed by atoms with Crippen LogP contribution in [0.2, 0.25) is 0 Å². The molecule has 0 fully saturated rings. The van der Waals surface area contributed by atoms with Crippen LogP contribution in [0.5, 0.6) is 11.5 Å². The average Bonchev–Trinajstić information content (AvgIpc) is 2.69. The minimum absolute atomic E-state index is 0.273. The van der Waals surface area contributed by atoms with E-state index in [4.69, 9.17) is 9.31 Å². The highest BCUT2D eigenvalue weighted by molar-refractivity contribution is 8.06. The quantitative estimate of drug-likeness (QED) is 0.753. The first kappa shape index (κ1) is 10.8. The number of hydrogen-bond acceptors (Lipinski definition) is 4. The smallest absolute Gasteiger partial charge is 0.519 e. The number of benzene rings is 1. The van der Waals surface area contributed by atoms with E-state index in [9.17, 15) is 0 Å². The van der Waals surface area contributed by atoms with Gasteiger partial charge in [0.25, 0.3) is 0 Å². The van der Waals surface area contributed by atoms with Gasteiger partial charge in [-0.3, -0.25) is 0 Å². The minimum atomic E-state index is -0.273. The fourth-order valence-corrected chi connectivity index (χ4v) is 2.64. The van der Waals surface area contributed by atoms with E-state index in [1.807, 2.05) is 36.8 Å². The second kappa shape index (κ2) is 4.90. The second-order valence-electron chi connectivity index (χ2n) is 2.97. The Morgan fingerprint density at radius 3 is 2.27 bits per heavy atom. The second-order valence-corrected chi connectivity index (χ2v) is 4.56.